The molecular formula is C12H16F3NO2S. The number of sulfone groups is 1. The van der Waals surface area contributed by atoms with Gasteiger partial charge in [0.15, 0.2) is 0 Å². The topological polar surface area (TPSA) is 46.2 Å². The largest absolute Gasteiger partial charge is 0.416 e. The zero-order valence-corrected chi connectivity index (χ0v) is 11.5. The zero-order valence-electron chi connectivity index (χ0n) is 10.7. The fourth-order valence-corrected chi connectivity index (χ4v) is 2.03. The van der Waals surface area contributed by atoms with E-state index in [-0.39, 0.29) is 18.3 Å². The van der Waals surface area contributed by atoms with Crippen LogP contribution in [0, 0.1) is 0 Å². The van der Waals surface area contributed by atoms with Crippen molar-refractivity contribution in [3.63, 3.8) is 0 Å². The maximum atomic E-state index is 12.4. The lowest BCUT2D eigenvalue weighted by Crippen LogP contribution is -2.25. The summed E-state index contributed by atoms with van der Waals surface area (Å²) in [5, 5.41) is 2.95. The van der Waals surface area contributed by atoms with Gasteiger partial charge in [-0.25, -0.2) is 8.42 Å². The van der Waals surface area contributed by atoms with Gasteiger partial charge in [0.25, 0.3) is 0 Å². The fourth-order valence-electron chi connectivity index (χ4n) is 1.54. The van der Waals surface area contributed by atoms with E-state index >= 15 is 0 Å². The minimum atomic E-state index is -4.34. The second-order valence-corrected chi connectivity index (χ2v) is 6.69. The molecule has 0 aliphatic carbocycles. The van der Waals surface area contributed by atoms with E-state index in [1.54, 1.807) is 6.92 Å². The standard InChI is InChI=1S/C12H16F3NO2S/c1-9(16-7-8-19(2,17)18)10-3-5-11(6-4-10)12(13,14)15/h3-6,9,16H,7-8H2,1-2H3. The summed E-state index contributed by atoms with van der Waals surface area (Å²) >= 11 is 0. The Hall–Kier alpha value is -1.08. The van der Waals surface area contributed by atoms with Gasteiger partial charge in [-0.1, -0.05) is 12.1 Å². The lowest BCUT2D eigenvalue weighted by Gasteiger charge is -2.15. The molecule has 108 valence electrons. The summed E-state index contributed by atoms with van der Waals surface area (Å²) in [6, 6.07) is 4.61. The average Bonchev–Trinajstić information content (AvgIpc) is 2.26. The van der Waals surface area contributed by atoms with Gasteiger partial charge in [-0.3, -0.25) is 0 Å². The molecule has 19 heavy (non-hydrogen) atoms. The molecule has 1 aromatic rings. The van der Waals surface area contributed by atoms with Crippen molar-refractivity contribution in [1.82, 2.24) is 5.32 Å². The Bertz CT molecular complexity index is 509. The molecule has 0 saturated heterocycles. The molecule has 0 aliphatic heterocycles. The van der Waals surface area contributed by atoms with Gasteiger partial charge >= 0.3 is 6.18 Å². The molecule has 0 spiro atoms. The van der Waals surface area contributed by atoms with Gasteiger partial charge in [-0.05, 0) is 24.6 Å². The quantitative estimate of drug-likeness (QED) is 0.907. The third kappa shape index (κ3) is 5.61. The van der Waals surface area contributed by atoms with Gasteiger partial charge in [0.05, 0.1) is 11.3 Å². The van der Waals surface area contributed by atoms with Crippen molar-refractivity contribution >= 4 is 9.84 Å². The third-order valence-corrected chi connectivity index (χ3v) is 3.61. The molecule has 1 N–H and O–H groups in total. The van der Waals surface area contributed by atoms with Crippen LogP contribution in [0.1, 0.15) is 24.1 Å². The average molecular weight is 295 g/mol. The van der Waals surface area contributed by atoms with Gasteiger partial charge in [0.1, 0.15) is 9.84 Å². The summed E-state index contributed by atoms with van der Waals surface area (Å²) in [6.07, 6.45) is -3.21. The zero-order chi connectivity index (χ0) is 14.7. The number of alkyl halides is 3. The van der Waals surface area contributed by atoms with Crippen molar-refractivity contribution in [3.05, 3.63) is 35.4 Å². The second-order valence-electron chi connectivity index (χ2n) is 4.43. The van der Waals surface area contributed by atoms with E-state index in [0.29, 0.717) is 5.56 Å². The van der Waals surface area contributed by atoms with Crippen LogP contribution in [0.3, 0.4) is 0 Å². The van der Waals surface area contributed by atoms with Gasteiger partial charge in [0, 0.05) is 18.8 Å². The maximum absolute atomic E-state index is 12.4. The van der Waals surface area contributed by atoms with Crippen molar-refractivity contribution in [2.75, 3.05) is 18.6 Å². The van der Waals surface area contributed by atoms with E-state index < -0.39 is 21.6 Å². The van der Waals surface area contributed by atoms with E-state index in [1.165, 1.54) is 12.1 Å². The number of benzene rings is 1. The summed E-state index contributed by atoms with van der Waals surface area (Å²) < 4.78 is 59.0. The Morgan fingerprint density at radius 2 is 1.74 bits per heavy atom. The third-order valence-electron chi connectivity index (χ3n) is 2.66. The van der Waals surface area contributed by atoms with Crippen LogP contribution in [-0.4, -0.2) is 27.0 Å². The van der Waals surface area contributed by atoms with Gasteiger partial charge < -0.3 is 5.32 Å². The van der Waals surface area contributed by atoms with Gasteiger partial charge in [-0.15, -0.1) is 0 Å². The van der Waals surface area contributed by atoms with Crippen LogP contribution in [0.2, 0.25) is 0 Å². The lowest BCUT2D eigenvalue weighted by atomic mass is 10.1. The fraction of sp³-hybridized carbons (Fsp3) is 0.500. The van der Waals surface area contributed by atoms with E-state index in [1.807, 2.05) is 0 Å². The van der Waals surface area contributed by atoms with Gasteiger partial charge in [-0.2, -0.15) is 13.2 Å². The number of hydrogen-bond acceptors (Lipinski definition) is 3. The van der Waals surface area contributed by atoms with E-state index in [0.717, 1.165) is 18.4 Å². The molecular weight excluding hydrogens is 279 g/mol. The van der Waals surface area contributed by atoms with Crippen molar-refractivity contribution < 1.29 is 21.6 Å². The Morgan fingerprint density at radius 3 is 2.16 bits per heavy atom. The Balaban J connectivity index is 2.61. The highest BCUT2D eigenvalue weighted by Crippen LogP contribution is 2.29. The van der Waals surface area contributed by atoms with E-state index in [4.69, 9.17) is 0 Å². The van der Waals surface area contributed by atoms with Crippen LogP contribution < -0.4 is 5.32 Å². The molecule has 0 saturated carbocycles. The Kier molecular flexibility index (Phi) is 4.98. The summed E-state index contributed by atoms with van der Waals surface area (Å²) in [5.41, 5.74) is -0.0129. The molecule has 1 aromatic carbocycles. The van der Waals surface area contributed by atoms with Crippen LogP contribution in [0.15, 0.2) is 24.3 Å². The molecule has 0 bridgehead atoms. The molecule has 0 radical (unpaired) electrons. The summed E-state index contributed by atoms with van der Waals surface area (Å²) in [7, 11) is -3.04. The summed E-state index contributed by atoms with van der Waals surface area (Å²) in [5.74, 6) is -0.00201. The van der Waals surface area contributed by atoms with Crippen LogP contribution in [0.4, 0.5) is 13.2 Å². The van der Waals surface area contributed by atoms with Crippen molar-refractivity contribution in [2.24, 2.45) is 0 Å². The number of halogens is 3. The molecule has 1 unspecified atom stereocenters. The summed E-state index contributed by atoms with van der Waals surface area (Å²) in [6.45, 7) is 2.03. The first-order chi connectivity index (χ1) is 8.59. The Labute approximate surface area is 110 Å². The highest BCUT2D eigenvalue weighted by Gasteiger charge is 2.30. The van der Waals surface area contributed by atoms with Crippen molar-refractivity contribution in [3.8, 4) is 0 Å². The van der Waals surface area contributed by atoms with E-state index in [9.17, 15) is 21.6 Å². The predicted molar refractivity (Wildman–Crippen MR) is 67.6 cm³/mol. The first-order valence-electron chi connectivity index (χ1n) is 5.68. The smallest absolute Gasteiger partial charge is 0.309 e. The highest BCUT2D eigenvalue weighted by molar-refractivity contribution is 7.90. The molecule has 1 atom stereocenters. The van der Waals surface area contributed by atoms with Crippen LogP contribution in [0.5, 0.6) is 0 Å². The molecule has 3 nitrogen and oxygen atoms in total. The Morgan fingerprint density at radius 1 is 1.21 bits per heavy atom. The highest BCUT2D eigenvalue weighted by atomic mass is 32.2. The van der Waals surface area contributed by atoms with Crippen molar-refractivity contribution in [2.45, 2.75) is 19.1 Å². The monoisotopic (exact) mass is 295 g/mol. The summed E-state index contributed by atoms with van der Waals surface area (Å²) in [4.78, 5) is 0. The van der Waals surface area contributed by atoms with Crippen LogP contribution >= 0.6 is 0 Å². The predicted octanol–water partition coefficient (Wildman–Crippen LogP) is 2.40. The van der Waals surface area contributed by atoms with Crippen LogP contribution in [0.25, 0.3) is 0 Å². The maximum Gasteiger partial charge on any atom is 0.416 e. The SMILES string of the molecule is CC(NCCS(C)(=O)=O)c1ccc(C(F)(F)F)cc1. The molecule has 0 amide bonds. The molecule has 1 rings (SSSR count). The van der Waals surface area contributed by atoms with Crippen LogP contribution in [-0.2, 0) is 16.0 Å². The molecule has 0 aliphatic rings. The number of nitrogens with one attached hydrogen (secondary N) is 1. The molecule has 0 fully saturated rings. The molecule has 0 aromatic heterocycles. The number of hydrogen-bond donors (Lipinski definition) is 1. The lowest BCUT2D eigenvalue weighted by molar-refractivity contribution is -0.137. The van der Waals surface area contributed by atoms with Crippen molar-refractivity contribution in [1.29, 1.82) is 0 Å². The molecule has 0 heterocycles. The first kappa shape index (κ1) is 16.0. The second kappa shape index (κ2) is 5.92. The van der Waals surface area contributed by atoms with Gasteiger partial charge in [0.2, 0.25) is 0 Å². The normalized spacial score (nSPS) is 14.4. The first-order valence-corrected chi connectivity index (χ1v) is 7.74. The van der Waals surface area contributed by atoms with E-state index in [2.05, 4.69) is 5.32 Å². The number of rotatable bonds is 5. The molecule has 7 heteroatoms. The minimum Gasteiger partial charge on any atom is -0.309 e. The minimum absolute atomic E-state index is 0.00201.